The Morgan fingerprint density at radius 1 is 0.869 bits per heavy atom. The Balaban J connectivity index is 1.12. The van der Waals surface area contributed by atoms with E-state index in [4.69, 9.17) is 45.3 Å². The average Bonchev–Trinajstić information content (AvgIpc) is 4.10. The third-order valence-corrected chi connectivity index (χ3v) is 12.8. The number of amides is 1. The van der Waals surface area contributed by atoms with E-state index in [9.17, 15) is 20.1 Å². The number of aliphatic hydroxyl groups excluding tert-OH is 3. The number of carbonyl (C=O) groups excluding carboxylic acids is 1. The lowest BCUT2D eigenvalue weighted by atomic mass is 9.95. The smallest absolute Gasteiger partial charge is 0.407 e. The van der Waals surface area contributed by atoms with Crippen LogP contribution in [-0.4, -0.2) is 151 Å². The molecule has 6 rings (SSSR count). The molecule has 3 aromatic rings. The fourth-order valence-corrected chi connectivity index (χ4v) is 9.16. The third-order valence-electron chi connectivity index (χ3n) is 12.5. The number of ether oxygens (including phenoxy) is 5. The predicted octanol–water partition coefficient (Wildman–Crippen LogP) is 4.76. The molecule has 0 aliphatic carbocycles. The number of likely N-dealkylation sites (tertiary alicyclic amines) is 2. The summed E-state index contributed by atoms with van der Waals surface area (Å²) in [4.78, 5) is 29.2. The number of methoxy groups -OCH3 is 5. The number of H-pyrrole nitrogens is 1. The van der Waals surface area contributed by atoms with Crippen molar-refractivity contribution in [2.45, 2.75) is 108 Å². The molecular formula is C44H62ClN7O9. The molecule has 17 heteroatoms. The highest BCUT2D eigenvalue weighted by Gasteiger charge is 2.45. The van der Waals surface area contributed by atoms with Crippen molar-refractivity contribution >= 4 is 29.0 Å². The van der Waals surface area contributed by atoms with Gasteiger partial charge in [0.2, 0.25) is 6.41 Å². The van der Waals surface area contributed by atoms with Crippen molar-refractivity contribution in [3.63, 3.8) is 0 Å². The van der Waals surface area contributed by atoms with Gasteiger partial charge >= 0.3 is 6.09 Å². The highest BCUT2D eigenvalue weighted by Crippen LogP contribution is 2.40. The zero-order valence-corrected chi connectivity index (χ0v) is 37.0. The Hall–Kier alpha value is -3.78. The van der Waals surface area contributed by atoms with E-state index in [2.05, 4.69) is 39.9 Å². The molecule has 2 saturated heterocycles. The number of halogens is 1. The van der Waals surface area contributed by atoms with Crippen LogP contribution in [0.15, 0.2) is 59.7 Å². The first kappa shape index (κ1) is 46.7. The van der Waals surface area contributed by atoms with Crippen LogP contribution >= 0.6 is 11.6 Å². The highest BCUT2D eigenvalue weighted by molar-refractivity contribution is 6.31. The second-order valence-electron chi connectivity index (χ2n) is 16.2. The molecule has 2 fully saturated rings. The van der Waals surface area contributed by atoms with Crippen LogP contribution < -0.4 is 10.6 Å². The van der Waals surface area contributed by atoms with Crippen molar-refractivity contribution in [3.05, 3.63) is 71.3 Å². The van der Waals surface area contributed by atoms with Crippen LogP contribution in [0.3, 0.4) is 0 Å². The number of nitrogens with zero attached hydrogens (tertiary/aromatic N) is 4. The quantitative estimate of drug-likeness (QED) is 0.0905. The molecule has 61 heavy (non-hydrogen) atoms. The van der Waals surface area contributed by atoms with E-state index >= 15 is 0 Å². The molecule has 1 aromatic heterocycles. The van der Waals surface area contributed by atoms with Crippen molar-refractivity contribution in [2.75, 3.05) is 48.7 Å². The van der Waals surface area contributed by atoms with Crippen LogP contribution in [0, 0.1) is 5.92 Å². The molecule has 0 saturated carbocycles. The fourth-order valence-electron chi connectivity index (χ4n) is 8.91. The average molecular weight is 868 g/mol. The number of carbonyl (C=O) groups is 1. The molecule has 4 heterocycles. The van der Waals surface area contributed by atoms with E-state index in [1.165, 1.54) is 21.3 Å². The van der Waals surface area contributed by atoms with E-state index in [1.54, 1.807) is 21.1 Å². The number of nitrogens with one attached hydrogen (secondary N) is 3. The van der Waals surface area contributed by atoms with Crippen molar-refractivity contribution in [1.29, 1.82) is 0 Å². The second-order valence-corrected chi connectivity index (χ2v) is 16.6. The first-order valence-electron chi connectivity index (χ1n) is 20.8. The van der Waals surface area contributed by atoms with Crippen LogP contribution in [0.2, 0.25) is 5.15 Å². The van der Waals surface area contributed by atoms with Gasteiger partial charge in [-0.3, -0.25) is 20.1 Å². The Labute approximate surface area is 363 Å². The molecule has 3 aliphatic heterocycles. The van der Waals surface area contributed by atoms with E-state index in [0.29, 0.717) is 36.2 Å². The van der Waals surface area contributed by atoms with Crippen LogP contribution in [0.25, 0.3) is 28.0 Å². The lowest BCUT2D eigenvalue weighted by Gasteiger charge is -2.38. The largest absolute Gasteiger partial charge is 0.453 e. The number of benzene rings is 2. The summed E-state index contributed by atoms with van der Waals surface area (Å²) >= 11 is 6.78. The summed E-state index contributed by atoms with van der Waals surface area (Å²) in [7, 11) is 7.45. The Morgan fingerprint density at radius 2 is 1.49 bits per heavy atom. The van der Waals surface area contributed by atoms with Gasteiger partial charge < -0.3 is 49.3 Å². The van der Waals surface area contributed by atoms with Gasteiger partial charge in [0.1, 0.15) is 29.1 Å². The number of aromatic amines is 1. The molecular weight excluding hydrogens is 806 g/mol. The summed E-state index contributed by atoms with van der Waals surface area (Å²) < 4.78 is 26.4. The minimum atomic E-state index is -1.26. The molecule has 334 valence electrons. The molecule has 6 N–H and O–H groups in total. The van der Waals surface area contributed by atoms with Gasteiger partial charge in [0.15, 0.2) is 0 Å². The number of imidazole rings is 1. The SMILES string of the molecule is COC[C@H]1C[C@@H](C2=NC=C(c3ccc(-c4ccc(-c5nc([C@@H]6CC[C@H](C)N6C(O)[C@@H](NC(=O)OC)[C@@H](C)OC)[nH]c5Cl)cc4)cc3)C2)N(C(O)[C@@H](NC(O)OC)[C@@H](C)OC)C1. The van der Waals surface area contributed by atoms with Gasteiger partial charge in [-0.1, -0.05) is 60.1 Å². The third kappa shape index (κ3) is 10.5. The number of aliphatic hydroxyl groups is 3. The molecule has 0 radical (unpaired) electrons. The van der Waals surface area contributed by atoms with Crippen molar-refractivity contribution in [3.8, 4) is 22.4 Å². The van der Waals surface area contributed by atoms with Crippen molar-refractivity contribution < 1.29 is 43.8 Å². The second kappa shape index (κ2) is 21.1. The molecule has 3 aliphatic rings. The molecule has 11 atom stereocenters. The van der Waals surface area contributed by atoms with Crippen molar-refractivity contribution in [2.24, 2.45) is 10.9 Å². The number of allylic oxidation sites excluding steroid dienone is 1. The van der Waals surface area contributed by atoms with Gasteiger partial charge in [-0.2, -0.15) is 0 Å². The number of aromatic nitrogens is 2. The number of rotatable bonds is 19. The van der Waals surface area contributed by atoms with Gasteiger partial charge in [-0.05, 0) is 68.2 Å². The van der Waals surface area contributed by atoms with E-state index < -0.39 is 49.3 Å². The Morgan fingerprint density at radius 3 is 2.10 bits per heavy atom. The summed E-state index contributed by atoms with van der Waals surface area (Å²) in [6, 6.07) is 14.7. The highest BCUT2D eigenvalue weighted by atomic mass is 35.5. The van der Waals surface area contributed by atoms with E-state index in [1.807, 2.05) is 54.1 Å². The zero-order chi connectivity index (χ0) is 44.0. The fraction of sp³-hybridized carbons (Fsp3) is 0.568. The van der Waals surface area contributed by atoms with Crippen LogP contribution in [0.4, 0.5) is 4.79 Å². The maximum absolute atomic E-state index is 12.2. The number of aliphatic imine (C=N–C) groups is 1. The van der Waals surface area contributed by atoms with Crippen LogP contribution in [0.1, 0.15) is 63.9 Å². The molecule has 2 aromatic carbocycles. The molecule has 0 spiro atoms. The zero-order valence-electron chi connectivity index (χ0n) is 36.2. The van der Waals surface area contributed by atoms with Gasteiger partial charge in [0.25, 0.3) is 0 Å². The molecule has 0 bridgehead atoms. The molecule has 16 nitrogen and oxygen atoms in total. The first-order valence-corrected chi connectivity index (χ1v) is 21.2. The summed E-state index contributed by atoms with van der Waals surface area (Å²) in [5.74, 6) is 0.829. The lowest BCUT2D eigenvalue weighted by molar-refractivity contribution is -0.141. The number of hydrogen-bond acceptors (Lipinski definition) is 14. The minimum Gasteiger partial charge on any atom is -0.453 e. The predicted molar refractivity (Wildman–Crippen MR) is 232 cm³/mol. The lowest BCUT2D eigenvalue weighted by Crippen LogP contribution is -2.60. The monoisotopic (exact) mass is 867 g/mol. The number of hydrogen-bond donors (Lipinski definition) is 6. The number of alkyl carbamates (subject to hydrolysis) is 1. The van der Waals surface area contributed by atoms with E-state index in [-0.39, 0.29) is 24.0 Å². The minimum absolute atomic E-state index is 0.00171. The molecule has 1 amide bonds. The maximum Gasteiger partial charge on any atom is 0.407 e. The topological polar surface area (TPSA) is 195 Å². The summed E-state index contributed by atoms with van der Waals surface area (Å²) in [5.41, 5.74) is 6.65. The van der Waals surface area contributed by atoms with Crippen molar-refractivity contribution in [1.82, 2.24) is 30.4 Å². The standard InChI is InChI=1S/C44H62ClN7O9/c1-24-9-18-34(52(24)42(54)37(26(3)59-6)49-44(56)61-8)40-47-38(39(45)50-40)31-16-14-29(15-17-31)28-10-12-30(13-11-28)32-20-33(46-21-32)35-19-27(23-57-4)22-51(35)41(53)36(25(2)58-5)48-43(55)60-7/h10-17,21,24-27,34-37,41-43,48,53-55H,9,18-20,22-23H2,1-8H3,(H,47,50)(H,49,56)/t24-,25+,26+,27-,34-,35-,36-,37-,41?,42?,43?/m0/s1. The normalized spacial score (nSPS) is 24.5. The van der Waals surface area contributed by atoms with E-state index in [0.717, 1.165) is 52.8 Å². The summed E-state index contributed by atoms with van der Waals surface area (Å²) in [6.45, 7) is 6.82. The van der Waals surface area contributed by atoms with Crippen LogP contribution in [-0.2, 0) is 23.7 Å². The Bertz CT molecular complexity index is 1960. The van der Waals surface area contributed by atoms with Gasteiger partial charge in [-0.25, -0.2) is 9.78 Å². The first-order chi connectivity index (χ1) is 29.3. The van der Waals surface area contributed by atoms with Gasteiger partial charge in [0.05, 0.1) is 50.1 Å². The van der Waals surface area contributed by atoms with Gasteiger partial charge in [-0.15, -0.1) is 0 Å². The summed E-state index contributed by atoms with van der Waals surface area (Å²) in [6.07, 6.45) is -0.0248. The van der Waals surface area contributed by atoms with Gasteiger partial charge in [0, 0.05) is 64.9 Å². The summed E-state index contributed by atoms with van der Waals surface area (Å²) in [5, 5.41) is 39.6. The Kier molecular flexibility index (Phi) is 16.1. The maximum atomic E-state index is 12.2. The van der Waals surface area contributed by atoms with Crippen LogP contribution in [0.5, 0.6) is 0 Å². The molecule has 3 unspecified atom stereocenters.